The van der Waals surface area contributed by atoms with Crippen molar-refractivity contribution in [3.63, 3.8) is 0 Å². The molecule has 0 bridgehead atoms. The van der Waals surface area contributed by atoms with Crippen molar-refractivity contribution in [3.8, 4) is 0 Å². The Bertz CT molecular complexity index is 454. The first-order valence-electron chi connectivity index (χ1n) is 7.10. The first-order chi connectivity index (χ1) is 9.03. The smallest absolute Gasteiger partial charge is 0.220 e. The van der Waals surface area contributed by atoms with Crippen LogP contribution < -0.4 is 11.1 Å². The molecule has 1 atom stereocenters. The van der Waals surface area contributed by atoms with Crippen LogP contribution in [0.4, 0.5) is 0 Å². The first kappa shape index (κ1) is 14.1. The zero-order chi connectivity index (χ0) is 13.9. The molecule has 1 aromatic carbocycles. The van der Waals surface area contributed by atoms with Crippen molar-refractivity contribution in [3.05, 3.63) is 35.4 Å². The van der Waals surface area contributed by atoms with Gasteiger partial charge in [-0.1, -0.05) is 29.8 Å². The molecule has 0 aliphatic heterocycles. The summed E-state index contributed by atoms with van der Waals surface area (Å²) in [5, 5.41) is 3.13. The van der Waals surface area contributed by atoms with Crippen LogP contribution in [-0.4, -0.2) is 18.0 Å². The lowest BCUT2D eigenvalue weighted by Crippen LogP contribution is -2.53. The molecule has 1 amide bonds. The summed E-state index contributed by atoms with van der Waals surface area (Å²) in [6.07, 6.45) is 3.70. The predicted octanol–water partition coefficient (Wildman–Crippen LogP) is 2.17. The highest BCUT2D eigenvalue weighted by atomic mass is 16.1. The molecule has 1 aliphatic carbocycles. The molecule has 3 heteroatoms. The van der Waals surface area contributed by atoms with E-state index in [1.807, 2.05) is 6.07 Å². The fourth-order valence-electron chi connectivity index (χ4n) is 2.55. The molecule has 0 heterocycles. The minimum absolute atomic E-state index is 0.112. The molecule has 1 saturated carbocycles. The number of hydrogen-bond acceptors (Lipinski definition) is 2. The zero-order valence-electron chi connectivity index (χ0n) is 11.9. The van der Waals surface area contributed by atoms with E-state index in [2.05, 4.69) is 37.4 Å². The molecular formula is C16H24N2O. The van der Waals surface area contributed by atoms with Crippen molar-refractivity contribution in [2.24, 2.45) is 11.7 Å². The van der Waals surface area contributed by atoms with E-state index in [1.54, 1.807) is 0 Å². The largest absolute Gasteiger partial charge is 0.349 e. The molecule has 0 spiro atoms. The Kier molecular flexibility index (Phi) is 4.25. The summed E-state index contributed by atoms with van der Waals surface area (Å²) in [7, 11) is 0. The van der Waals surface area contributed by atoms with Crippen molar-refractivity contribution in [2.45, 2.75) is 45.1 Å². The molecule has 0 radical (unpaired) electrons. The van der Waals surface area contributed by atoms with E-state index in [0.717, 1.165) is 6.42 Å². The zero-order valence-corrected chi connectivity index (χ0v) is 11.9. The van der Waals surface area contributed by atoms with Gasteiger partial charge in [0.1, 0.15) is 0 Å². The minimum Gasteiger partial charge on any atom is -0.349 e. The third-order valence-corrected chi connectivity index (χ3v) is 4.05. The number of rotatable bonds is 6. The normalized spacial score (nSPS) is 17.8. The van der Waals surface area contributed by atoms with Gasteiger partial charge in [0.05, 0.1) is 5.54 Å². The summed E-state index contributed by atoms with van der Waals surface area (Å²) >= 11 is 0. The van der Waals surface area contributed by atoms with Crippen LogP contribution in [0.1, 0.15) is 37.3 Å². The molecule has 3 N–H and O–H groups in total. The molecule has 1 unspecified atom stereocenters. The van der Waals surface area contributed by atoms with E-state index >= 15 is 0 Å². The third kappa shape index (κ3) is 3.80. The van der Waals surface area contributed by atoms with Gasteiger partial charge in [0.15, 0.2) is 0 Å². The number of aryl methyl sites for hydroxylation is 2. The van der Waals surface area contributed by atoms with Gasteiger partial charge in [-0.05, 0) is 44.6 Å². The fraction of sp³-hybridized carbons (Fsp3) is 0.562. The van der Waals surface area contributed by atoms with Gasteiger partial charge in [0.2, 0.25) is 5.91 Å². The number of carbonyl (C=O) groups excluding carboxylic acids is 1. The number of benzene rings is 1. The topological polar surface area (TPSA) is 55.1 Å². The van der Waals surface area contributed by atoms with Crippen LogP contribution >= 0.6 is 0 Å². The van der Waals surface area contributed by atoms with Gasteiger partial charge in [0, 0.05) is 13.0 Å². The molecule has 104 valence electrons. The Morgan fingerprint density at radius 3 is 2.79 bits per heavy atom. The summed E-state index contributed by atoms with van der Waals surface area (Å²) in [5.74, 6) is 0.682. The standard InChI is InChI=1S/C16H24N2O/c1-12-4-3-5-13(10-12)6-9-15(19)18-16(2,11-17)14-7-8-14/h3-5,10,14H,6-9,11,17H2,1-2H3,(H,18,19). The summed E-state index contributed by atoms with van der Waals surface area (Å²) in [5.41, 5.74) is 8.06. The van der Waals surface area contributed by atoms with Crippen molar-refractivity contribution in [1.29, 1.82) is 0 Å². The highest BCUT2D eigenvalue weighted by molar-refractivity contribution is 5.77. The lowest BCUT2D eigenvalue weighted by Gasteiger charge is -2.29. The number of carbonyl (C=O) groups is 1. The average molecular weight is 260 g/mol. The maximum atomic E-state index is 12.0. The Morgan fingerprint density at radius 2 is 2.21 bits per heavy atom. The van der Waals surface area contributed by atoms with E-state index in [9.17, 15) is 4.79 Å². The average Bonchev–Trinajstić information content (AvgIpc) is 3.21. The maximum Gasteiger partial charge on any atom is 0.220 e. The lowest BCUT2D eigenvalue weighted by molar-refractivity contribution is -0.123. The van der Waals surface area contributed by atoms with Crippen LogP contribution in [0.3, 0.4) is 0 Å². The van der Waals surface area contributed by atoms with Gasteiger partial charge >= 0.3 is 0 Å². The van der Waals surface area contributed by atoms with Crippen LogP contribution in [0.5, 0.6) is 0 Å². The molecular weight excluding hydrogens is 236 g/mol. The van der Waals surface area contributed by atoms with Crippen molar-refractivity contribution in [1.82, 2.24) is 5.32 Å². The molecule has 3 nitrogen and oxygen atoms in total. The molecule has 1 aliphatic rings. The van der Waals surface area contributed by atoms with E-state index < -0.39 is 0 Å². The van der Waals surface area contributed by atoms with Gasteiger partial charge in [-0.2, -0.15) is 0 Å². The summed E-state index contributed by atoms with van der Waals surface area (Å²) < 4.78 is 0. The van der Waals surface area contributed by atoms with Gasteiger partial charge in [-0.15, -0.1) is 0 Å². The summed E-state index contributed by atoms with van der Waals surface area (Å²) in [4.78, 5) is 12.0. The second kappa shape index (κ2) is 5.74. The van der Waals surface area contributed by atoms with Crippen LogP contribution in [0.15, 0.2) is 24.3 Å². The van der Waals surface area contributed by atoms with Crippen LogP contribution in [0, 0.1) is 12.8 Å². The highest BCUT2D eigenvalue weighted by Crippen LogP contribution is 2.38. The molecule has 2 rings (SSSR count). The van der Waals surface area contributed by atoms with Crippen molar-refractivity contribution >= 4 is 5.91 Å². The second-order valence-electron chi connectivity index (χ2n) is 5.93. The lowest BCUT2D eigenvalue weighted by atomic mass is 9.95. The van der Waals surface area contributed by atoms with Gasteiger partial charge in [0.25, 0.3) is 0 Å². The van der Waals surface area contributed by atoms with Crippen molar-refractivity contribution in [2.75, 3.05) is 6.54 Å². The van der Waals surface area contributed by atoms with Gasteiger partial charge in [-0.25, -0.2) is 0 Å². The third-order valence-electron chi connectivity index (χ3n) is 4.05. The molecule has 1 fully saturated rings. The predicted molar refractivity (Wildman–Crippen MR) is 77.8 cm³/mol. The fourth-order valence-corrected chi connectivity index (χ4v) is 2.55. The Hall–Kier alpha value is -1.35. The maximum absolute atomic E-state index is 12.0. The van der Waals surface area contributed by atoms with E-state index in [4.69, 9.17) is 5.73 Å². The monoisotopic (exact) mass is 260 g/mol. The number of nitrogens with one attached hydrogen (secondary N) is 1. The Balaban J connectivity index is 1.84. The minimum atomic E-state index is -0.205. The molecule has 0 saturated heterocycles. The van der Waals surface area contributed by atoms with E-state index in [0.29, 0.717) is 18.9 Å². The van der Waals surface area contributed by atoms with Crippen LogP contribution in [0.25, 0.3) is 0 Å². The van der Waals surface area contributed by atoms with Gasteiger partial charge in [-0.3, -0.25) is 4.79 Å². The highest BCUT2D eigenvalue weighted by Gasteiger charge is 2.41. The van der Waals surface area contributed by atoms with Crippen molar-refractivity contribution < 1.29 is 4.79 Å². The first-order valence-corrected chi connectivity index (χ1v) is 7.10. The second-order valence-corrected chi connectivity index (χ2v) is 5.93. The molecule has 1 aromatic rings. The van der Waals surface area contributed by atoms with Gasteiger partial charge < -0.3 is 11.1 Å². The number of hydrogen-bond donors (Lipinski definition) is 2. The molecule has 19 heavy (non-hydrogen) atoms. The van der Waals surface area contributed by atoms with E-state index in [1.165, 1.54) is 24.0 Å². The summed E-state index contributed by atoms with van der Waals surface area (Å²) in [6.45, 7) is 4.66. The van der Waals surface area contributed by atoms with E-state index in [-0.39, 0.29) is 11.4 Å². The molecule has 0 aromatic heterocycles. The SMILES string of the molecule is Cc1cccc(CCC(=O)NC(C)(CN)C2CC2)c1. The summed E-state index contributed by atoms with van der Waals surface area (Å²) in [6, 6.07) is 8.32. The van der Waals surface area contributed by atoms with Crippen LogP contribution in [0.2, 0.25) is 0 Å². The Morgan fingerprint density at radius 1 is 1.47 bits per heavy atom. The Labute approximate surface area is 115 Å². The van der Waals surface area contributed by atoms with Crippen LogP contribution in [-0.2, 0) is 11.2 Å². The number of nitrogens with two attached hydrogens (primary N) is 1. The number of amides is 1. The quantitative estimate of drug-likeness (QED) is 0.823.